The van der Waals surface area contributed by atoms with E-state index < -0.39 is 0 Å². The second kappa shape index (κ2) is 9.95. The molecule has 3 heteroatoms. The van der Waals surface area contributed by atoms with Crippen molar-refractivity contribution in [3.05, 3.63) is 151 Å². The summed E-state index contributed by atoms with van der Waals surface area (Å²) in [5.41, 5.74) is 8.13. The number of aryl methyl sites for hydroxylation is 1. The van der Waals surface area contributed by atoms with Crippen molar-refractivity contribution in [2.45, 2.75) is 6.92 Å². The molecule has 0 radical (unpaired) electrons. The monoisotopic (exact) mass is 590 g/mol. The van der Waals surface area contributed by atoms with E-state index in [1.54, 1.807) is 0 Å². The van der Waals surface area contributed by atoms with Crippen LogP contribution in [0.15, 0.2) is 109 Å². The first-order chi connectivity index (χ1) is 16.5. The van der Waals surface area contributed by atoms with E-state index >= 15 is 0 Å². The SMILES string of the molecule is Cc1ccc(C(=C(c2ccc(Cl)cc2)c2ccc(Cl)cc2)c2cc3ccccc3cc2I)cc1. The molecule has 0 aliphatic carbocycles. The molecule has 0 nitrogen and oxygen atoms in total. The molecule has 0 heterocycles. The van der Waals surface area contributed by atoms with Crippen LogP contribution >= 0.6 is 45.8 Å². The van der Waals surface area contributed by atoms with Crippen LogP contribution in [-0.2, 0) is 0 Å². The average molecular weight is 591 g/mol. The lowest BCUT2D eigenvalue weighted by Crippen LogP contribution is -2.00. The van der Waals surface area contributed by atoms with Crippen LogP contribution in [0.4, 0.5) is 0 Å². The molecule has 0 aliphatic heterocycles. The molecule has 0 aromatic heterocycles. The number of hydrogen-bond acceptors (Lipinski definition) is 0. The van der Waals surface area contributed by atoms with Gasteiger partial charge in [-0.1, -0.05) is 102 Å². The highest BCUT2D eigenvalue weighted by molar-refractivity contribution is 14.1. The number of fused-ring (bicyclic) bond motifs is 1. The zero-order valence-corrected chi connectivity index (χ0v) is 22.2. The smallest absolute Gasteiger partial charge is 0.0406 e. The fraction of sp³-hybridized carbons (Fsp3) is 0.0323. The molecule has 5 rings (SSSR count). The van der Waals surface area contributed by atoms with Gasteiger partial charge < -0.3 is 0 Å². The Balaban J connectivity index is 1.91. The maximum absolute atomic E-state index is 6.27. The molecule has 0 aliphatic rings. The summed E-state index contributed by atoms with van der Waals surface area (Å²) >= 11 is 15.0. The van der Waals surface area contributed by atoms with Crippen molar-refractivity contribution >= 4 is 67.7 Å². The maximum Gasteiger partial charge on any atom is 0.0406 e. The van der Waals surface area contributed by atoms with Crippen LogP contribution in [0.25, 0.3) is 21.9 Å². The second-order valence-electron chi connectivity index (χ2n) is 8.31. The Bertz CT molecular complexity index is 1450. The van der Waals surface area contributed by atoms with E-state index in [2.05, 4.69) is 114 Å². The average Bonchev–Trinajstić information content (AvgIpc) is 2.85. The van der Waals surface area contributed by atoms with Crippen molar-refractivity contribution in [3.63, 3.8) is 0 Å². The summed E-state index contributed by atoms with van der Waals surface area (Å²) in [6.45, 7) is 2.12. The summed E-state index contributed by atoms with van der Waals surface area (Å²) in [5.74, 6) is 0. The second-order valence-corrected chi connectivity index (χ2v) is 10.3. The van der Waals surface area contributed by atoms with Gasteiger partial charge in [0.1, 0.15) is 0 Å². The molecule has 5 aromatic rings. The topological polar surface area (TPSA) is 0 Å². The van der Waals surface area contributed by atoms with E-state index in [-0.39, 0.29) is 0 Å². The van der Waals surface area contributed by atoms with E-state index in [0.29, 0.717) is 0 Å². The first kappa shape index (κ1) is 23.2. The van der Waals surface area contributed by atoms with Crippen LogP contribution in [0.5, 0.6) is 0 Å². The molecule has 0 amide bonds. The zero-order valence-electron chi connectivity index (χ0n) is 18.5. The fourth-order valence-corrected chi connectivity index (χ4v) is 5.26. The minimum absolute atomic E-state index is 0.719. The predicted molar refractivity (Wildman–Crippen MR) is 156 cm³/mol. The van der Waals surface area contributed by atoms with E-state index in [9.17, 15) is 0 Å². The molecule has 0 saturated heterocycles. The highest BCUT2D eigenvalue weighted by atomic mass is 127. The van der Waals surface area contributed by atoms with Crippen molar-refractivity contribution in [1.29, 1.82) is 0 Å². The van der Waals surface area contributed by atoms with Crippen LogP contribution in [0.1, 0.15) is 27.8 Å². The Morgan fingerprint density at radius 1 is 0.559 bits per heavy atom. The highest BCUT2D eigenvalue weighted by Gasteiger charge is 2.19. The lowest BCUT2D eigenvalue weighted by molar-refractivity contribution is 1.44. The predicted octanol–water partition coefficient (Wildman–Crippen LogP) is 10.1. The Morgan fingerprint density at radius 2 is 1.00 bits per heavy atom. The summed E-state index contributed by atoms with van der Waals surface area (Å²) in [5, 5.41) is 3.89. The molecular weight excluding hydrogens is 570 g/mol. The fourth-order valence-electron chi connectivity index (χ4n) is 4.25. The minimum Gasteiger partial charge on any atom is -0.0843 e. The molecule has 0 atom stereocenters. The van der Waals surface area contributed by atoms with Crippen LogP contribution in [0.3, 0.4) is 0 Å². The largest absolute Gasteiger partial charge is 0.0843 e. The van der Waals surface area contributed by atoms with Crippen molar-refractivity contribution < 1.29 is 0 Å². The zero-order chi connectivity index (χ0) is 23.7. The number of rotatable bonds is 4. The lowest BCUT2D eigenvalue weighted by atomic mass is 9.85. The highest BCUT2D eigenvalue weighted by Crippen LogP contribution is 2.40. The molecule has 0 spiro atoms. The lowest BCUT2D eigenvalue weighted by Gasteiger charge is -2.20. The maximum atomic E-state index is 6.27. The molecule has 5 aromatic carbocycles. The van der Waals surface area contributed by atoms with Gasteiger partial charge in [0.15, 0.2) is 0 Å². The molecule has 166 valence electrons. The number of benzene rings is 5. The third-order valence-electron chi connectivity index (χ3n) is 5.96. The van der Waals surface area contributed by atoms with Crippen LogP contribution in [-0.4, -0.2) is 0 Å². The van der Waals surface area contributed by atoms with Crippen LogP contribution in [0.2, 0.25) is 10.0 Å². The minimum atomic E-state index is 0.719. The van der Waals surface area contributed by atoms with Gasteiger partial charge in [-0.05, 0) is 110 Å². The van der Waals surface area contributed by atoms with Crippen molar-refractivity contribution in [2.75, 3.05) is 0 Å². The van der Waals surface area contributed by atoms with Crippen molar-refractivity contribution in [1.82, 2.24) is 0 Å². The van der Waals surface area contributed by atoms with Gasteiger partial charge >= 0.3 is 0 Å². The first-order valence-corrected chi connectivity index (χ1v) is 12.8. The Morgan fingerprint density at radius 3 is 1.53 bits per heavy atom. The third-order valence-corrected chi connectivity index (χ3v) is 7.36. The summed E-state index contributed by atoms with van der Waals surface area (Å²) < 4.78 is 1.20. The standard InChI is InChI=1S/C31H21Cl2I/c1-20-6-8-23(9-7-20)31(28-18-24-4-2-3-5-25(24)19-29(28)34)30(21-10-14-26(32)15-11-21)22-12-16-27(33)17-13-22/h2-19H,1H3. The van der Waals surface area contributed by atoms with Gasteiger partial charge in [0.25, 0.3) is 0 Å². The van der Waals surface area contributed by atoms with Gasteiger partial charge in [-0.15, -0.1) is 0 Å². The van der Waals surface area contributed by atoms with Crippen molar-refractivity contribution in [3.8, 4) is 0 Å². The Labute approximate surface area is 224 Å². The van der Waals surface area contributed by atoms with E-state index in [1.165, 1.54) is 36.6 Å². The van der Waals surface area contributed by atoms with Crippen LogP contribution in [0, 0.1) is 10.5 Å². The van der Waals surface area contributed by atoms with Crippen molar-refractivity contribution in [2.24, 2.45) is 0 Å². The normalized spacial score (nSPS) is 10.9. The van der Waals surface area contributed by atoms with Gasteiger partial charge in [0, 0.05) is 13.6 Å². The Kier molecular flexibility index (Phi) is 6.78. The van der Waals surface area contributed by atoms with E-state index in [4.69, 9.17) is 23.2 Å². The number of hydrogen-bond donors (Lipinski definition) is 0. The number of halogens is 3. The van der Waals surface area contributed by atoms with Gasteiger partial charge in [0.2, 0.25) is 0 Å². The molecule has 0 unspecified atom stereocenters. The summed E-state index contributed by atoms with van der Waals surface area (Å²) in [4.78, 5) is 0. The van der Waals surface area contributed by atoms with Gasteiger partial charge in [-0.3, -0.25) is 0 Å². The summed E-state index contributed by atoms with van der Waals surface area (Å²) in [6, 6.07) is 38.0. The first-order valence-electron chi connectivity index (χ1n) is 11.0. The van der Waals surface area contributed by atoms with Gasteiger partial charge in [-0.25, -0.2) is 0 Å². The summed E-state index contributed by atoms with van der Waals surface area (Å²) in [6.07, 6.45) is 0. The molecule has 34 heavy (non-hydrogen) atoms. The van der Waals surface area contributed by atoms with Crippen LogP contribution < -0.4 is 0 Å². The molecule has 0 bridgehead atoms. The Hall–Kier alpha value is -2.59. The molecule has 0 fully saturated rings. The summed E-state index contributed by atoms with van der Waals surface area (Å²) in [7, 11) is 0. The third kappa shape index (κ3) is 4.79. The quantitative estimate of drug-likeness (QED) is 0.144. The van der Waals surface area contributed by atoms with Gasteiger partial charge in [0.05, 0.1) is 0 Å². The van der Waals surface area contributed by atoms with E-state index in [1.807, 2.05) is 24.3 Å². The van der Waals surface area contributed by atoms with E-state index in [0.717, 1.165) is 26.7 Å². The molecular formula is C31H21Cl2I. The molecule has 0 N–H and O–H groups in total. The van der Waals surface area contributed by atoms with Gasteiger partial charge in [-0.2, -0.15) is 0 Å². The molecule has 0 saturated carbocycles.